The molecule has 0 unspecified atom stereocenters. The van der Waals surface area contributed by atoms with Crippen molar-refractivity contribution in [3.05, 3.63) is 35.4 Å². The maximum absolute atomic E-state index is 8.38. The van der Waals surface area contributed by atoms with Crippen LogP contribution in [0.3, 0.4) is 0 Å². The van der Waals surface area contributed by atoms with Crippen molar-refractivity contribution in [3.8, 4) is 6.07 Å². The Balaban J connectivity index is 3.01. The molecular weight excluding hydrogens is 122 g/mol. The summed E-state index contributed by atoms with van der Waals surface area (Å²) in [6.45, 7) is 1.94. The van der Waals surface area contributed by atoms with Crippen LogP contribution >= 0.6 is 0 Å². The molecule has 0 atom stereocenters. The summed E-state index contributed by atoms with van der Waals surface area (Å²) in [5.41, 5.74) is 1.87. The third-order valence-electron chi connectivity index (χ3n) is 1.30. The molecule has 1 heteroatoms. The zero-order valence-electron chi connectivity index (χ0n) is 6.89. The quantitative estimate of drug-likeness (QED) is 0.573. The first-order valence-corrected chi connectivity index (χ1v) is 3.17. The van der Waals surface area contributed by atoms with Gasteiger partial charge in [0.05, 0.1) is 13.9 Å². The van der Waals surface area contributed by atoms with Crippen molar-refractivity contribution in [2.75, 3.05) is 0 Å². The van der Waals surface area contributed by atoms with Gasteiger partial charge in [-0.3, -0.25) is 0 Å². The van der Waals surface area contributed by atoms with E-state index in [1.54, 1.807) is 6.07 Å². The molecule has 0 aromatic heterocycles. The van der Waals surface area contributed by atoms with Crippen LogP contribution < -0.4 is 0 Å². The van der Waals surface area contributed by atoms with Gasteiger partial charge in [-0.25, -0.2) is 0 Å². The first-order valence-electron chi connectivity index (χ1n) is 3.67. The number of hydrogen-bond donors (Lipinski definition) is 0. The predicted octanol–water partition coefficient (Wildman–Crippen LogP) is 2.06. The molecule has 0 spiro atoms. The number of aryl methyl sites for hydroxylation is 1. The van der Waals surface area contributed by atoms with Crippen molar-refractivity contribution in [3.63, 3.8) is 0 Å². The Morgan fingerprint density at radius 3 is 3.00 bits per heavy atom. The first kappa shape index (κ1) is 5.49. The van der Waals surface area contributed by atoms with Crippen molar-refractivity contribution >= 4 is 0 Å². The first-order chi connectivity index (χ1) is 5.24. The fraction of sp³-hybridized carbons (Fsp3) is 0.222. The molecule has 50 valence electrons. The third-order valence-corrected chi connectivity index (χ3v) is 1.30. The van der Waals surface area contributed by atoms with Crippen LogP contribution in [-0.2, 0) is 6.42 Å². The van der Waals surface area contributed by atoms with E-state index >= 15 is 0 Å². The molecule has 0 heterocycles. The fourth-order valence-corrected chi connectivity index (χ4v) is 0.730. The monoisotopic (exact) mass is 132 g/mol. The zero-order chi connectivity index (χ0) is 8.27. The zero-order valence-corrected chi connectivity index (χ0v) is 5.89. The highest BCUT2D eigenvalue weighted by molar-refractivity contribution is 5.23. The minimum atomic E-state index is 0.332. The molecule has 0 fully saturated rings. The summed E-state index contributed by atoms with van der Waals surface area (Å²) in [5, 5.41) is 8.38. The maximum atomic E-state index is 8.38. The molecule has 0 amide bonds. The molecule has 10 heavy (non-hydrogen) atoms. The fourth-order valence-electron chi connectivity index (χ4n) is 0.730. The lowest BCUT2D eigenvalue weighted by Crippen LogP contribution is -1.79. The molecule has 1 aromatic rings. The van der Waals surface area contributed by atoms with E-state index in [2.05, 4.69) is 0 Å². The highest BCUT2D eigenvalue weighted by Crippen LogP contribution is 2.02. The highest BCUT2D eigenvalue weighted by Gasteiger charge is 1.88. The Labute approximate surface area is 62.3 Å². The van der Waals surface area contributed by atoms with Crippen LogP contribution in [-0.4, -0.2) is 0 Å². The van der Waals surface area contributed by atoms with Crippen LogP contribution in [0.15, 0.2) is 24.2 Å². The smallest absolute Gasteiger partial charge is 0.0669 e. The Morgan fingerprint density at radius 1 is 1.60 bits per heavy atom. The van der Waals surface area contributed by atoms with E-state index in [9.17, 15) is 0 Å². The van der Waals surface area contributed by atoms with Gasteiger partial charge in [0.15, 0.2) is 0 Å². The minimum absolute atomic E-state index is 0.332. The number of rotatable bonds is 1. The summed E-state index contributed by atoms with van der Waals surface area (Å²) in [5.74, 6) is 0. The van der Waals surface area contributed by atoms with Crippen molar-refractivity contribution < 1.29 is 1.37 Å². The summed E-state index contributed by atoms with van der Waals surface area (Å²) >= 11 is 0. The third kappa shape index (κ3) is 1.60. The summed E-state index contributed by atoms with van der Waals surface area (Å²) < 4.78 is 7.46. The standard InChI is InChI=1S/C9H9N/c1-8-2-4-9(5-3-8)6-7-10/h2-5H,6H2,1H3/i4D. The van der Waals surface area contributed by atoms with E-state index in [0.717, 1.165) is 11.1 Å². The summed E-state index contributed by atoms with van der Waals surface area (Å²) in [7, 11) is 0. The van der Waals surface area contributed by atoms with Crippen LogP contribution in [0, 0.1) is 18.3 Å². The van der Waals surface area contributed by atoms with E-state index in [4.69, 9.17) is 6.63 Å². The maximum Gasteiger partial charge on any atom is 0.0669 e. The van der Waals surface area contributed by atoms with Crippen molar-refractivity contribution in [1.29, 1.82) is 5.26 Å². The van der Waals surface area contributed by atoms with Crippen LogP contribution in [0.25, 0.3) is 0 Å². The second-order valence-electron chi connectivity index (χ2n) is 2.23. The Morgan fingerprint density at radius 2 is 2.40 bits per heavy atom. The van der Waals surface area contributed by atoms with Crippen LogP contribution in [0.2, 0.25) is 0 Å². The van der Waals surface area contributed by atoms with E-state index < -0.39 is 0 Å². The van der Waals surface area contributed by atoms with Gasteiger partial charge < -0.3 is 0 Å². The Kier molecular flexibility index (Phi) is 1.66. The van der Waals surface area contributed by atoms with Gasteiger partial charge in [-0.15, -0.1) is 0 Å². The van der Waals surface area contributed by atoms with Crippen LogP contribution in [0.4, 0.5) is 0 Å². The van der Waals surface area contributed by atoms with Crippen molar-refractivity contribution in [2.24, 2.45) is 0 Å². The van der Waals surface area contributed by atoms with Crippen LogP contribution in [0.1, 0.15) is 12.5 Å². The molecule has 0 aliphatic rings. The molecule has 1 rings (SSSR count). The second-order valence-corrected chi connectivity index (χ2v) is 2.23. The number of nitrogens with zero attached hydrogens (tertiary/aromatic N) is 1. The minimum Gasteiger partial charge on any atom is -0.198 e. The summed E-state index contributed by atoms with van der Waals surface area (Å²) in [6, 6.07) is 8.01. The van der Waals surface area contributed by atoms with E-state index in [-0.39, 0.29) is 0 Å². The lowest BCUT2D eigenvalue weighted by atomic mass is 10.1. The highest BCUT2D eigenvalue weighted by atomic mass is 14.2. The van der Waals surface area contributed by atoms with Crippen LogP contribution in [0.5, 0.6) is 0 Å². The topological polar surface area (TPSA) is 23.8 Å². The molecule has 1 aromatic carbocycles. The van der Waals surface area contributed by atoms with Crippen molar-refractivity contribution in [1.82, 2.24) is 0 Å². The SMILES string of the molecule is [2H]c1cc(C)ccc1CC#N. The van der Waals surface area contributed by atoms with Gasteiger partial charge >= 0.3 is 0 Å². The molecule has 0 radical (unpaired) electrons. The number of hydrogen-bond acceptors (Lipinski definition) is 1. The predicted molar refractivity (Wildman–Crippen MR) is 40.5 cm³/mol. The summed E-state index contributed by atoms with van der Waals surface area (Å²) in [6.07, 6.45) is 0.332. The summed E-state index contributed by atoms with van der Waals surface area (Å²) in [4.78, 5) is 0. The van der Waals surface area contributed by atoms with E-state index in [0.29, 0.717) is 12.5 Å². The Hall–Kier alpha value is -1.29. The normalized spacial score (nSPS) is 10.2. The molecule has 0 saturated heterocycles. The molecule has 0 aliphatic carbocycles. The lowest BCUT2D eigenvalue weighted by molar-refractivity contribution is 1.25. The average molecular weight is 132 g/mol. The van der Waals surface area contributed by atoms with Gasteiger partial charge in [0, 0.05) is 0 Å². The molecule has 0 bridgehead atoms. The van der Waals surface area contributed by atoms with Gasteiger partial charge in [-0.1, -0.05) is 29.8 Å². The molecular formula is C9H9N. The van der Waals surface area contributed by atoms with Crippen molar-refractivity contribution in [2.45, 2.75) is 13.3 Å². The van der Waals surface area contributed by atoms with E-state index in [1.807, 2.05) is 25.1 Å². The molecule has 0 N–H and O–H groups in total. The van der Waals surface area contributed by atoms with E-state index in [1.165, 1.54) is 0 Å². The Bertz CT molecular complexity index is 299. The second kappa shape index (κ2) is 3.03. The van der Waals surface area contributed by atoms with Gasteiger partial charge in [-0.05, 0) is 12.5 Å². The molecule has 0 aliphatic heterocycles. The van der Waals surface area contributed by atoms with Gasteiger partial charge in [-0.2, -0.15) is 5.26 Å². The average Bonchev–Trinajstić information content (AvgIpc) is 1.95. The number of nitriles is 1. The largest absolute Gasteiger partial charge is 0.198 e. The molecule has 0 saturated carbocycles. The van der Waals surface area contributed by atoms with Gasteiger partial charge in [0.1, 0.15) is 0 Å². The molecule has 1 nitrogen and oxygen atoms in total. The van der Waals surface area contributed by atoms with Gasteiger partial charge in [0.2, 0.25) is 0 Å². The lowest BCUT2D eigenvalue weighted by Gasteiger charge is -1.93. The van der Waals surface area contributed by atoms with Gasteiger partial charge in [0.25, 0.3) is 0 Å². The number of benzene rings is 1.